The second-order valence-corrected chi connectivity index (χ2v) is 17.4. The average molecular weight is 1100 g/mol. The van der Waals surface area contributed by atoms with Crippen molar-refractivity contribution in [2.75, 3.05) is 52.9 Å². The number of hydrogen-bond acceptors (Lipinski definition) is 18. The second-order valence-electron chi connectivity index (χ2n) is 17.4. The Morgan fingerprint density at radius 1 is 0.358 bits per heavy atom. The summed E-state index contributed by atoms with van der Waals surface area (Å²) in [5.41, 5.74) is 3.58. The maximum atomic E-state index is 13.5. The van der Waals surface area contributed by atoms with Gasteiger partial charge < -0.3 is 47.4 Å². The molecule has 18 heteroatoms. The molecule has 0 radical (unpaired) electrons. The van der Waals surface area contributed by atoms with E-state index in [0.717, 1.165) is 43.9 Å². The molecule has 0 bridgehead atoms. The minimum absolute atomic E-state index is 0.0745. The first-order valence-corrected chi connectivity index (χ1v) is 25.8. The highest BCUT2D eigenvalue weighted by molar-refractivity contribution is 5.95. The number of carbonyl (C=O) groups is 6. The van der Waals surface area contributed by atoms with E-state index in [1.165, 1.54) is 24.3 Å². The van der Waals surface area contributed by atoms with E-state index in [4.69, 9.17) is 57.3 Å². The zero-order chi connectivity index (χ0) is 57.2. The van der Waals surface area contributed by atoms with Gasteiger partial charge in [-0.2, -0.15) is 0 Å². The molecule has 1 heterocycles. The zero-order valence-electron chi connectivity index (χ0n) is 44.3. The van der Waals surface area contributed by atoms with Gasteiger partial charge in [-0.15, -0.1) is 0 Å². The summed E-state index contributed by atoms with van der Waals surface area (Å²) < 4.78 is 55.1. The topological polar surface area (TPSA) is 220 Å². The molecule has 7 rings (SSSR count). The molecule has 0 unspecified atom stereocenters. The molecule has 0 N–H and O–H groups in total. The van der Waals surface area contributed by atoms with Crippen LogP contribution in [0.25, 0.3) is 33.5 Å². The summed E-state index contributed by atoms with van der Waals surface area (Å²) in [7, 11) is 0. The van der Waals surface area contributed by atoms with Gasteiger partial charge >= 0.3 is 35.8 Å². The second kappa shape index (κ2) is 30.9. The fraction of sp³-hybridized carbons (Fsp3) is 0.206. The van der Waals surface area contributed by atoms with Crippen LogP contribution in [0, 0.1) is 0 Å². The third-order valence-electron chi connectivity index (χ3n) is 11.6. The van der Waals surface area contributed by atoms with Gasteiger partial charge in [-0.25, -0.2) is 38.7 Å². The molecule has 81 heavy (non-hydrogen) atoms. The van der Waals surface area contributed by atoms with E-state index in [1.54, 1.807) is 115 Å². The first-order chi connectivity index (χ1) is 39.5. The molecule has 0 atom stereocenters. The molecule has 0 saturated heterocycles. The number of ether oxygens (including phenoxy) is 10. The predicted molar refractivity (Wildman–Crippen MR) is 298 cm³/mol. The van der Waals surface area contributed by atoms with Gasteiger partial charge in [0.05, 0.1) is 78.8 Å². The molecular formula is C63H58N2O16. The number of fused-ring (bicyclic) bond motifs is 1. The van der Waals surface area contributed by atoms with Gasteiger partial charge in [0.1, 0.15) is 47.7 Å². The van der Waals surface area contributed by atoms with Crippen molar-refractivity contribution in [3.05, 3.63) is 194 Å². The minimum atomic E-state index is -0.689. The number of hydrogen-bond donors (Lipinski definition) is 0. The first-order valence-electron chi connectivity index (χ1n) is 25.8. The summed E-state index contributed by atoms with van der Waals surface area (Å²) in [5, 5.41) is 0. The lowest BCUT2D eigenvalue weighted by Crippen LogP contribution is -2.12. The third kappa shape index (κ3) is 18.6. The summed E-state index contributed by atoms with van der Waals surface area (Å²) in [5.74, 6) is -1.07. The normalized spacial score (nSPS) is 10.6. The van der Waals surface area contributed by atoms with E-state index in [0.29, 0.717) is 82.6 Å². The summed E-state index contributed by atoms with van der Waals surface area (Å²) in [6.45, 7) is 12.1. The van der Waals surface area contributed by atoms with Crippen LogP contribution in [0.2, 0.25) is 0 Å². The fourth-order valence-corrected chi connectivity index (χ4v) is 7.51. The number of benzene rings is 6. The van der Waals surface area contributed by atoms with E-state index in [-0.39, 0.29) is 61.4 Å². The van der Waals surface area contributed by atoms with E-state index < -0.39 is 35.8 Å². The molecular weight excluding hydrogens is 1040 g/mol. The SMILES string of the molecule is C=CC(=O)OCCCCCCOc1ccc(C(=O)Oc2cccc(-c3nc4cc(OCCOCCOC(=O)C=C)ccc4nc3-c3cccc(OC(=O)c4ccc(C(=O)Oc5ccc(OCCCOC(=O)C=C)cc5)cc4)c3)c2)cc1. The number of esters is 6. The van der Waals surface area contributed by atoms with Crippen molar-refractivity contribution >= 4 is 46.8 Å². The number of nitrogens with zero attached hydrogens (tertiary/aromatic N) is 2. The van der Waals surface area contributed by atoms with Crippen LogP contribution in [0.3, 0.4) is 0 Å². The van der Waals surface area contributed by atoms with E-state index >= 15 is 0 Å². The predicted octanol–water partition coefficient (Wildman–Crippen LogP) is 10.9. The van der Waals surface area contributed by atoms with Crippen molar-refractivity contribution in [1.29, 1.82) is 0 Å². The van der Waals surface area contributed by atoms with E-state index in [1.807, 2.05) is 0 Å². The quantitative estimate of drug-likeness (QED) is 0.0130. The molecule has 0 saturated carbocycles. The Labute approximate surface area is 467 Å². The minimum Gasteiger partial charge on any atom is -0.494 e. The van der Waals surface area contributed by atoms with Gasteiger partial charge in [0.25, 0.3) is 0 Å². The van der Waals surface area contributed by atoms with Crippen LogP contribution in [-0.4, -0.2) is 98.6 Å². The van der Waals surface area contributed by atoms with Gasteiger partial charge in [-0.1, -0.05) is 44.0 Å². The maximum absolute atomic E-state index is 13.5. The summed E-state index contributed by atoms with van der Waals surface area (Å²) in [6, 6.07) is 37.8. The van der Waals surface area contributed by atoms with Crippen LogP contribution in [0.15, 0.2) is 177 Å². The molecule has 0 aliphatic carbocycles. The number of aromatic nitrogens is 2. The van der Waals surface area contributed by atoms with Crippen molar-refractivity contribution in [2.45, 2.75) is 32.1 Å². The Hall–Kier alpha value is -9.94. The van der Waals surface area contributed by atoms with Crippen LogP contribution in [0.1, 0.15) is 63.2 Å². The first kappa shape index (κ1) is 58.7. The van der Waals surface area contributed by atoms with Crippen LogP contribution in [0.5, 0.6) is 34.5 Å². The molecule has 0 aliphatic rings. The molecule has 18 nitrogen and oxygen atoms in total. The Bertz CT molecular complexity index is 3320. The van der Waals surface area contributed by atoms with E-state index in [9.17, 15) is 28.8 Å². The largest absolute Gasteiger partial charge is 0.494 e. The molecule has 0 amide bonds. The van der Waals surface area contributed by atoms with E-state index in [2.05, 4.69) is 19.7 Å². The molecule has 6 aromatic carbocycles. The lowest BCUT2D eigenvalue weighted by atomic mass is 10.0. The number of carbonyl (C=O) groups excluding carboxylic acids is 6. The highest BCUT2D eigenvalue weighted by Crippen LogP contribution is 2.35. The molecule has 7 aromatic rings. The van der Waals surface area contributed by atoms with Crippen LogP contribution < -0.4 is 28.4 Å². The number of unbranched alkanes of at least 4 members (excludes halogenated alkanes) is 3. The van der Waals surface area contributed by atoms with Gasteiger partial charge in [0.15, 0.2) is 0 Å². The Kier molecular flexibility index (Phi) is 22.4. The van der Waals surface area contributed by atoms with Gasteiger partial charge in [0, 0.05) is 41.8 Å². The van der Waals surface area contributed by atoms with Crippen molar-refractivity contribution < 1.29 is 76.1 Å². The molecule has 0 spiro atoms. The highest BCUT2D eigenvalue weighted by atomic mass is 16.6. The fourth-order valence-electron chi connectivity index (χ4n) is 7.51. The zero-order valence-corrected chi connectivity index (χ0v) is 44.3. The lowest BCUT2D eigenvalue weighted by molar-refractivity contribution is -0.139. The molecule has 416 valence electrons. The van der Waals surface area contributed by atoms with Crippen LogP contribution in [-0.2, 0) is 33.3 Å². The van der Waals surface area contributed by atoms with Crippen molar-refractivity contribution in [2.24, 2.45) is 0 Å². The van der Waals surface area contributed by atoms with Crippen molar-refractivity contribution in [3.63, 3.8) is 0 Å². The Balaban J connectivity index is 1.02. The average Bonchev–Trinajstić information content (AvgIpc) is 3.58. The third-order valence-corrected chi connectivity index (χ3v) is 11.6. The van der Waals surface area contributed by atoms with Crippen LogP contribution >= 0.6 is 0 Å². The van der Waals surface area contributed by atoms with Crippen molar-refractivity contribution in [1.82, 2.24) is 9.97 Å². The lowest BCUT2D eigenvalue weighted by Gasteiger charge is -2.14. The summed E-state index contributed by atoms with van der Waals surface area (Å²) >= 11 is 0. The van der Waals surface area contributed by atoms with Gasteiger partial charge in [-0.3, -0.25) is 0 Å². The van der Waals surface area contributed by atoms with Crippen molar-refractivity contribution in [3.8, 4) is 57.0 Å². The Morgan fingerprint density at radius 3 is 1.31 bits per heavy atom. The standard InChI is InChI=1S/C63H58N2O16/c1-4-56(66)76-33-10-8-7-9-32-73-48-24-22-45(23-25-48)63(71)81-53-17-12-15-47(41-53)60-59(64-54-31-30-51(42-55(54)65-60)75-38-36-72-37-39-78-58(68)6-3)46-14-11-16-52(40-46)80-62(70)44-20-18-43(19-21-44)61(69)79-50-28-26-49(27-29-50)74-34-13-35-77-57(67)5-2/h4-6,11-12,14-31,40-42H,1-3,7-10,13,32-39H2. The summed E-state index contributed by atoms with van der Waals surface area (Å²) in [4.78, 5) is 83.8. The maximum Gasteiger partial charge on any atom is 0.343 e. The van der Waals surface area contributed by atoms with Crippen LogP contribution in [0.4, 0.5) is 0 Å². The monoisotopic (exact) mass is 1100 g/mol. The highest BCUT2D eigenvalue weighted by Gasteiger charge is 2.19. The molecule has 0 aliphatic heterocycles. The number of rotatable bonds is 31. The molecule has 1 aromatic heterocycles. The summed E-state index contributed by atoms with van der Waals surface area (Å²) in [6.07, 6.45) is 7.13. The smallest absolute Gasteiger partial charge is 0.343 e. The van der Waals surface area contributed by atoms with Gasteiger partial charge in [0.2, 0.25) is 0 Å². The Morgan fingerprint density at radius 2 is 0.765 bits per heavy atom. The van der Waals surface area contributed by atoms with Gasteiger partial charge in [-0.05, 0) is 135 Å². The molecule has 0 fully saturated rings.